The molecule has 0 bridgehead atoms. The van der Waals surface area contributed by atoms with Crippen molar-refractivity contribution in [2.45, 2.75) is 25.2 Å². The molecule has 1 aromatic carbocycles. The van der Waals surface area contributed by atoms with Crippen LogP contribution in [0.5, 0.6) is 0 Å². The van der Waals surface area contributed by atoms with E-state index in [-0.39, 0.29) is 12.3 Å². The molecule has 3 N–H and O–H groups in total. The van der Waals surface area contributed by atoms with E-state index in [0.717, 1.165) is 51.5 Å². The predicted octanol–water partition coefficient (Wildman–Crippen LogP) is 4.11. The first kappa shape index (κ1) is 17.4. The molecule has 0 aliphatic carbocycles. The van der Waals surface area contributed by atoms with E-state index in [0.29, 0.717) is 5.82 Å². The highest BCUT2D eigenvalue weighted by atomic mass is 79.9. The highest BCUT2D eigenvalue weighted by Crippen LogP contribution is 2.32. The zero-order valence-corrected chi connectivity index (χ0v) is 16.6. The quantitative estimate of drug-likeness (QED) is 0.497. The first-order valence-corrected chi connectivity index (χ1v) is 9.98. The number of nitrogen functional groups attached to an aromatic ring is 1. The van der Waals surface area contributed by atoms with Gasteiger partial charge < -0.3 is 20.4 Å². The highest BCUT2D eigenvalue weighted by molar-refractivity contribution is 9.10. The van der Waals surface area contributed by atoms with Gasteiger partial charge in [0.15, 0.2) is 0 Å². The zero-order valence-electron chi connectivity index (χ0n) is 15.0. The topological polar surface area (TPSA) is 90.9 Å². The summed E-state index contributed by atoms with van der Waals surface area (Å²) in [5, 5.41) is 5.45. The summed E-state index contributed by atoms with van der Waals surface area (Å²) in [4.78, 5) is 12.9. The number of pyridine rings is 1. The smallest absolute Gasteiger partial charge is 0.147 e. The van der Waals surface area contributed by atoms with Crippen LogP contribution in [0.15, 0.2) is 53.5 Å². The second kappa shape index (κ2) is 7.03. The summed E-state index contributed by atoms with van der Waals surface area (Å²) < 4.78 is 9.29. The van der Waals surface area contributed by atoms with Gasteiger partial charge in [-0.15, -0.1) is 0 Å². The number of ether oxygens (including phenoxy) is 1. The Morgan fingerprint density at radius 1 is 1.18 bits per heavy atom. The van der Waals surface area contributed by atoms with Gasteiger partial charge in [0.05, 0.1) is 17.0 Å². The Labute approximate surface area is 170 Å². The molecule has 0 unspecified atom stereocenters. The molecule has 1 aliphatic rings. The Kier molecular flexibility index (Phi) is 4.37. The maximum atomic E-state index is 6.26. The molecule has 1 fully saturated rings. The standard InChI is InChI=1S/C20H19BrN6O/c21-13-7-12-1-2-14(8-17(12)24-9-13)23-10-15-3-4-18(28-15)27-6-5-16-19(22)25-11-26-20(16)27/h1-2,5-9,11,15,18,23H,3-4,10H2,(H2,22,25,26)/t15-,18+/m0/s1. The minimum absolute atomic E-state index is 0.0331. The zero-order chi connectivity index (χ0) is 19.1. The van der Waals surface area contributed by atoms with E-state index in [4.69, 9.17) is 10.5 Å². The van der Waals surface area contributed by atoms with Gasteiger partial charge >= 0.3 is 0 Å². The lowest BCUT2D eigenvalue weighted by molar-refractivity contribution is 0.0108. The van der Waals surface area contributed by atoms with E-state index in [1.165, 1.54) is 6.33 Å². The molecule has 0 radical (unpaired) electrons. The van der Waals surface area contributed by atoms with Gasteiger partial charge in [0.25, 0.3) is 0 Å². The third-order valence-corrected chi connectivity index (χ3v) is 5.55. The number of hydrogen-bond acceptors (Lipinski definition) is 6. The summed E-state index contributed by atoms with van der Waals surface area (Å²) in [6.45, 7) is 0.745. The van der Waals surface area contributed by atoms with E-state index in [1.54, 1.807) is 0 Å². The van der Waals surface area contributed by atoms with E-state index < -0.39 is 0 Å². The van der Waals surface area contributed by atoms with Gasteiger partial charge in [-0.1, -0.05) is 6.07 Å². The molecule has 4 heterocycles. The van der Waals surface area contributed by atoms with Crippen LogP contribution < -0.4 is 11.1 Å². The number of anilines is 2. The lowest BCUT2D eigenvalue weighted by Crippen LogP contribution is -2.20. The van der Waals surface area contributed by atoms with Crippen LogP contribution in [0, 0.1) is 0 Å². The number of nitrogens with one attached hydrogen (secondary N) is 1. The molecule has 1 saturated heterocycles. The number of fused-ring (bicyclic) bond motifs is 2. The van der Waals surface area contributed by atoms with Crippen LogP contribution in [0.2, 0.25) is 0 Å². The summed E-state index contributed by atoms with van der Waals surface area (Å²) in [7, 11) is 0. The van der Waals surface area contributed by atoms with Gasteiger partial charge in [-0.2, -0.15) is 0 Å². The molecule has 3 aromatic heterocycles. The summed E-state index contributed by atoms with van der Waals surface area (Å²) in [6.07, 6.45) is 7.31. The fourth-order valence-corrected chi connectivity index (χ4v) is 4.05. The number of nitrogens with zero attached hydrogens (tertiary/aromatic N) is 4. The van der Waals surface area contributed by atoms with Crippen molar-refractivity contribution in [3.05, 3.63) is 53.5 Å². The Balaban J connectivity index is 1.26. The molecule has 4 aromatic rings. The number of hydrogen-bond donors (Lipinski definition) is 2. The largest absolute Gasteiger partial charge is 0.383 e. The predicted molar refractivity (Wildman–Crippen MR) is 113 cm³/mol. The van der Waals surface area contributed by atoms with E-state index in [2.05, 4.69) is 60.5 Å². The third-order valence-electron chi connectivity index (χ3n) is 5.12. The van der Waals surface area contributed by atoms with Crippen molar-refractivity contribution in [1.29, 1.82) is 0 Å². The average molecular weight is 439 g/mol. The van der Waals surface area contributed by atoms with Crippen LogP contribution in [0.4, 0.5) is 11.5 Å². The van der Waals surface area contributed by atoms with E-state index in [1.807, 2.05) is 23.0 Å². The lowest BCUT2D eigenvalue weighted by Gasteiger charge is -2.17. The van der Waals surface area contributed by atoms with Crippen LogP contribution in [0.1, 0.15) is 19.1 Å². The Hall–Kier alpha value is -2.71. The van der Waals surface area contributed by atoms with Crippen LogP contribution >= 0.6 is 15.9 Å². The monoisotopic (exact) mass is 438 g/mol. The van der Waals surface area contributed by atoms with Crippen molar-refractivity contribution < 1.29 is 4.74 Å². The van der Waals surface area contributed by atoms with Gasteiger partial charge in [-0.3, -0.25) is 4.98 Å². The van der Waals surface area contributed by atoms with E-state index in [9.17, 15) is 0 Å². The number of rotatable bonds is 4. The fraction of sp³-hybridized carbons (Fsp3) is 0.250. The molecule has 1 aliphatic heterocycles. The highest BCUT2D eigenvalue weighted by Gasteiger charge is 2.27. The minimum atomic E-state index is -0.0331. The van der Waals surface area contributed by atoms with Crippen molar-refractivity contribution in [3.8, 4) is 0 Å². The van der Waals surface area contributed by atoms with Crippen LogP contribution in [0.3, 0.4) is 0 Å². The third kappa shape index (κ3) is 3.18. The van der Waals surface area contributed by atoms with Gasteiger partial charge in [-0.25, -0.2) is 9.97 Å². The van der Waals surface area contributed by atoms with Crippen molar-refractivity contribution in [2.24, 2.45) is 0 Å². The van der Waals surface area contributed by atoms with Crippen molar-refractivity contribution in [2.75, 3.05) is 17.6 Å². The molecule has 0 saturated carbocycles. The second-order valence-electron chi connectivity index (χ2n) is 6.95. The van der Waals surface area contributed by atoms with Crippen LogP contribution in [-0.4, -0.2) is 32.2 Å². The maximum absolute atomic E-state index is 6.26. The first-order valence-electron chi connectivity index (χ1n) is 9.19. The number of benzene rings is 1. The molecular formula is C20H19BrN6O. The number of nitrogens with two attached hydrogens (primary N) is 1. The molecule has 0 amide bonds. The first-order chi connectivity index (χ1) is 13.7. The van der Waals surface area contributed by atoms with Gasteiger partial charge in [0.2, 0.25) is 0 Å². The van der Waals surface area contributed by atoms with Crippen molar-refractivity contribution in [3.63, 3.8) is 0 Å². The Morgan fingerprint density at radius 2 is 2.11 bits per heavy atom. The number of aromatic nitrogens is 4. The van der Waals surface area contributed by atoms with Gasteiger partial charge in [-0.05, 0) is 53.0 Å². The summed E-state index contributed by atoms with van der Waals surface area (Å²) in [6, 6.07) is 10.2. The fourth-order valence-electron chi connectivity index (χ4n) is 3.70. The average Bonchev–Trinajstić information content (AvgIpc) is 3.33. The molecule has 2 atom stereocenters. The van der Waals surface area contributed by atoms with Crippen molar-refractivity contribution in [1.82, 2.24) is 19.5 Å². The van der Waals surface area contributed by atoms with Crippen molar-refractivity contribution >= 4 is 49.4 Å². The lowest BCUT2D eigenvalue weighted by atomic mass is 10.2. The summed E-state index contributed by atoms with van der Waals surface area (Å²) in [5.41, 5.74) is 8.76. The van der Waals surface area contributed by atoms with Gasteiger partial charge in [0, 0.05) is 34.5 Å². The Bertz CT molecular complexity index is 1160. The molecule has 0 spiro atoms. The molecule has 142 valence electrons. The minimum Gasteiger partial charge on any atom is -0.383 e. The van der Waals surface area contributed by atoms with Crippen LogP contribution in [-0.2, 0) is 4.74 Å². The SMILES string of the molecule is Nc1ncnc2c1ccn2[C@H]1CC[C@@H](CNc2ccc3cc(Br)cnc3c2)O1. The van der Waals surface area contributed by atoms with Gasteiger partial charge in [0.1, 0.15) is 24.0 Å². The molecule has 8 heteroatoms. The molecule has 7 nitrogen and oxygen atoms in total. The normalized spacial score (nSPS) is 19.5. The molecular weight excluding hydrogens is 420 g/mol. The molecule has 5 rings (SSSR count). The second-order valence-corrected chi connectivity index (χ2v) is 7.87. The summed E-state index contributed by atoms with van der Waals surface area (Å²) in [5.74, 6) is 0.497. The molecule has 28 heavy (non-hydrogen) atoms. The van der Waals surface area contributed by atoms with E-state index >= 15 is 0 Å². The van der Waals surface area contributed by atoms with Crippen LogP contribution in [0.25, 0.3) is 21.9 Å². The number of halogens is 1. The summed E-state index contributed by atoms with van der Waals surface area (Å²) >= 11 is 3.46. The Morgan fingerprint density at radius 3 is 3.04 bits per heavy atom. The maximum Gasteiger partial charge on any atom is 0.147 e.